The van der Waals surface area contributed by atoms with Crippen LogP contribution < -0.4 is 4.43 Å². The fourth-order valence-corrected chi connectivity index (χ4v) is 3.50. The van der Waals surface area contributed by atoms with E-state index in [-0.39, 0.29) is 5.04 Å². The van der Waals surface area contributed by atoms with Crippen molar-refractivity contribution in [1.29, 1.82) is 0 Å². The molecule has 2 aromatic rings. The molecule has 0 bridgehead atoms. The molecule has 1 heterocycles. The third-order valence-electron chi connectivity index (χ3n) is 4.23. The van der Waals surface area contributed by atoms with Gasteiger partial charge in [0.2, 0.25) is 8.32 Å². The first-order chi connectivity index (χ1) is 9.71. The summed E-state index contributed by atoms with van der Waals surface area (Å²) in [6.07, 6.45) is -0.557. The predicted octanol–water partition coefficient (Wildman–Crippen LogP) is 5.21. The van der Waals surface area contributed by atoms with Crippen molar-refractivity contribution in [1.82, 2.24) is 0 Å². The van der Waals surface area contributed by atoms with E-state index < -0.39 is 14.4 Å². The fourth-order valence-electron chi connectivity index (χ4n) is 1.79. The van der Waals surface area contributed by atoms with Crippen molar-refractivity contribution in [3.8, 4) is 5.75 Å². The minimum Gasteiger partial charge on any atom is -0.544 e. The van der Waals surface area contributed by atoms with Gasteiger partial charge in [-0.2, -0.15) is 11.3 Å². The summed E-state index contributed by atoms with van der Waals surface area (Å²) in [7, 11) is -1.80. The first-order valence-electron chi connectivity index (χ1n) is 7.20. The van der Waals surface area contributed by atoms with E-state index >= 15 is 0 Å². The maximum absolute atomic E-state index is 10.3. The van der Waals surface area contributed by atoms with Gasteiger partial charge in [-0.1, -0.05) is 32.9 Å². The molecule has 0 spiro atoms. The molecule has 0 saturated carbocycles. The zero-order chi connectivity index (χ0) is 15.7. The van der Waals surface area contributed by atoms with Crippen molar-refractivity contribution < 1.29 is 9.53 Å². The molecule has 21 heavy (non-hydrogen) atoms. The number of thiophene rings is 1. The second-order valence-corrected chi connectivity index (χ2v) is 12.4. The van der Waals surface area contributed by atoms with E-state index in [1.807, 2.05) is 41.1 Å². The molecule has 1 aromatic heterocycles. The van der Waals surface area contributed by atoms with Crippen LogP contribution in [0, 0.1) is 0 Å². The van der Waals surface area contributed by atoms with E-state index in [0.717, 1.165) is 16.9 Å². The number of aliphatic hydroxyl groups excluding tert-OH is 1. The molecule has 0 aliphatic carbocycles. The normalized spacial score (nSPS) is 14.0. The number of benzene rings is 1. The van der Waals surface area contributed by atoms with Gasteiger partial charge in [-0.15, -0.1) is 0 Å². The highest BCUT2D eigenvalue weighted by Gasteiger charge is 2.38. The Balaban J connectivity index is 2.13. The molecule has 0 radical (unpaired) electrons. The van der Waals surface area contributed by atoms with Crippen LogP contribution in [0.5, 0.6) is 5.75 Å². The summed E-state index contributed by atoms with van der Waals surface area (Å²) in [6.45, 7) is 11.2. The molecule has 1 unspecified atom stereocenters. The number of aliphatic hydroxyl groups is 1. The third kappa shape index (κ3) is 3.76. The molecule has 0 saturated heterocycles. The summed E-state index contributed by atoms with van der Waals surface area (Å²) < 4.78 is 6.25. The van der Waals surface area contributed by atoms with E-state index in [1.54, 1.807) is 11.3 Å². The Hall–Kier alpha value is -1.10. The molecule has 4 heteroatoms. The Morgan fingerprint density at radius 1 is 1.05 bits per heavy atom. The third-order valence-corrected chi connectivity index (χ3v) is 9.29. The zero-order valence-corrected chi connectivity index (χ0v) is 15.2. The molecule has 1 atom stereocenters. The summed E-state index contributed by atoms with van der Waals surface area (Å²) in [5, 5.41) is 14.4. The highest BCUT2D eigenvalue weighted by atomic mass is 32.1. The van der Waals surface area contributed by atoms with Crippen molar-refractivity contribution in [2.45, 2.75) is 45.0 Å². The maximum atomic E-state index is 10.3. The molecular formula is C17H24O2SSi. The van der Waals surface area contributed by atoms with Gasteiger partial charge in [0.25, 0.3) is 0 Å². The smallest absolute Gasteiger partial charge is 0.250 e. The van der Waals surface area contributed by atoms with Crippen LogP contribution in [0.1, 0.15) is 38.0 Å². The van der Waals surface area contributed by atoms with E-state index in [2.05, 4.69) is 33.9 Å². The van der Waals surface area contributed by atoms with Gasteiger partial charge in [0, 0.05) is 0 Å². The summed E-state index contributed by atoms with van der Waals surface area (Å²) in [6, 6.07) is 9.78. The molecule has 1 aromatic carbocycles. The van der Waals surface area contributed by atoms with Crippen LogP contribution in [0.2, 0.25) is 18.1 Å². The molecule has 2 nitrogen and oxygen atoms in total. The quantitative estimate of drug-likeness (QED) is 0.783. The Morgan fingerprint density at radius 3 is 2.14 bits per heavy atom. The van der Waals surface area contributed by atoms with Crippen LogP contribution in [0.4, 0.5) is 0 Å². The lowest BCUT2D eigenvalue weighted by atomic mass is 10.0. The van der Waals surface area contributed by atoms with Crippen LogP contribution in [0.25, 0.3) is 0 Å². The highest BCUT2D eigenvalue weighted by molar-refractivity contribution is 7.08. The fraction of sp³-hybridized carbons (Fsp3) is 0.412. The Bertz CT molecular complexity index is 568. The van der Waals surface area contributed by atoms with Crippen LogP contribution >= 0.6 is 11.3 Å². The SMILES string of the molecule is CC(C)(C)[Si](C)(C)Oc1ccc(C(O)c2ccsc2)cc1. The van der Waals surface area contributed by atoms with Gasteiger partial charge >= 0.3 is 0 Å². The summed E-state index contributed by atoms with van der Waals surface area (Å²) >= 11 is 1.60. The average molecular weight is 321 g/mol. The van der Waals surface area contributed by atoms with Crippen molar-refractivity contribution in [3.63, 3.8) is 0 Å². The molecular weight excluding hydrogens is 296 g/mol. The van der Waals surface area contributed by atoms with E-state index in [9.17, 15) is 5.11 Å². The average Bonchev–Trinajstić information content (AvgIpc) is 2.91. The molecule has 0 aliphatic rings. The minimum atomic E-state index is -1.80. The minimum absolute atomic E-state index is 0.182. The Kier molecular flexibility index (Phi) is 4.61. The first-order valence-corrected chi connectivity index (χ1v) is 11.0. The Labute approximate surface area is 132 Å². The molecule has 0 fully saturated rings. The van der Waals surface area contributed by atoms with Gasteiger partial charge in [-0.25, -0.2) is 0 Å². The lowest BCUT2D eigenvalue weighted by Crippen LogP contribution is -2.43. The molecule has 0 aliphatic heterocycles. The molecule has 0 amide bonds. The molecule has 114 valence electrons. The van der Waals surface area contributed by atoms with Crippen LogP contribution in [-0.4, -0.2) is 13.4 Å². The second kappa shape index (κ2) is 5.95. The van der Waals surface area contributed by atoms with Crippen LogP contribution in [0.3, 0.4) is 0 Å². The van der Waals surface area contributed by atoms with Crippen molar-refractivity contribution >= 4 is 19.7 Å². The first kappa shape index (κ1) is 16.3. The van der Waals surface area contributed by atoms with Crippen LogP contribution in [-0.2, 0) is 0 Å². The number of hydrogen-bond donors (Lipinski definition) is 1. The predicted molar refractivity (Wildman–Crippen MR) is 92.6 cm³/mol. The topological polar surface area (TPSA) is 29.5 Å². The van der Waals surface area contributed by atoms with Crippen molar-refractivity contribution in [3.05, 3.63) is 52.2 Å². The van der Waals surface area contributed by atoms with Gasteiger partial charge in [-0.3, -0.25) is 0 Å². The largest absolute Gasteiger partial charge is 0.544 e. The zero-order valence-electron chi connectivity index (χ0n) is 13.4. The monoisotopic (exact) mass is 320 g/mol. The molecule has 2 rings (SSSR count). The number of rotatable bonds is 4. The highest BCUT2D eigenvalue weighted by Crippen LogP contribution is 2.37. The van der Waals surface area contributed by atoms with Gasteiger partial charge in [0.15, 0.2) is 0 Å². The lowest BCUT2D eigenvalue weighted by Gasteiger charge is -2.36. The Morgan fingerprint density at radius 2 is 1.67 bits per heavy atom. The summed E-state index contributed by atoms with van der Waals surface area (Å²) in [5.41, 5.74) is 1.84. The lowest BCUT2D eigenvalue weighted by molar-refractivity contribution is 0.221. The van der Waals surface area contributed by atoms with E-state index in [1.165, 1.54) is 0 Å². The van der Waals surface area contributed by atoms with Gasteiger partial charge < -0.3 is 9.53 Å². The van der Waals surface area contributed by atoms with Crippen LogP contribution in [0.15, 0.2) is 41.1 Å². The van der Waals surface area contributed by atoms with Gasteiger partial charge in [0.1, 0.15) is 11.9 Å². The second-order valence-electron chi connectivity index (χ2n) is 6.89. The summed E-state index contributed by atoms with van der Waals surface area (Å²) in [5.74, 6) is 0.892. The van der Waals surface area contributed by atoms with Crippen molar-refractivity contribution in [2.24, 2.45) is 0 Å². The van der Waals surface area contributed by atoms with Crippen molar-refractivity contribution in [2.75, 3.05) is 0 Å². The standard InChI is InChI=1S/C17H24O2SSi/c1-17(2,3)21(4,5)19-15-8-6-13(7-9-15)16(18)14-10-11-20-12-14/h6-12,16,18H,1-5H3. The molecule has 1 N–H and O–H groups in total. The summed E-state index contributed by atoms with van der Waals surface area (Å²) in [4.78, 5) is 0. The maximum Gasteiger partial charge on any atom is 0.250 e. The van der Waals surface area contributed by atoms with Gasteiger partial charge in [-0.05, 0) is 58.2 Å². The van der Waals surface area contributed by atoms with E-state index in [0.29, 0.717) is 0 Å². The van der Waals surface area contributed by atoms with Gasteiger partial charge in [0.05, 0.1) is 0 Å². The van der Waals surface area contributed by atoms with E-state index in [4.69, 9.17) is 4.43 Å². The number of hydrogen-bond acceptors (Lipinski definition) is 3.